The Balaban J connectivity index is 1.99. The van der Waals surface area contributed by atoms with Gasteiger partial charge in [-0.2, -0.15) is 0 Å². The molecular formula is C16H16ClNO3. The Morgan fingerprint density at radius 3 is 2.76 bits per heavy atom. The number of rotatable bonds is 2. The summed E-state index contributed by atoms with van der Waals surface area (Å²) in [6, 6.07) is 5.39. The average Bonchev–Trinajstić information content (AvgIpc) is 2.72. The van der Waals surface area contributed by atoms with Crippen LogP contribution in [0, 0.1) is 6.92 Å². The lowest BCUT2D eigenvalue weighted by Crippen LogP contribution is -2.02. The summed E-state index contributed by atoms with van der Waals surface area (Å²) in [5.41, 5.74) is 2.38. The van der Waals surface area contributed by atoms with Crippen LogP contribution in [-0.2, 0) is 0 Å². The van der Waals surface area contributed by atoms with Crippen molar-refractivity contribution in [2.45, 2.75) is 19.4 Å². The molecule has 3 rings (SSSR count). The standard InChI is InChI=1S/C16H16ClNO3/c1-10-5-12(9-18-8-10)15(19)11-6-13(17)16-14(7-11)20-3-2-4-21-16/h5-9,15,19H,2-4H2,1H3. The number of benzene rings is 1. The minimum absolute atomic E-state index is 0.448. The third kappa shape index (κ3) is 2.96. The van der Waals surface area contributed by atoms with Gasteiger partial charge >= 0.3 is 0 Å². The molecule has 0 spiro atoms. The summed E-state index contributed by atoms with van der Waals surface area (Å²) in [6.07, 6.45) is 3.41. The molecule has 1 aliphatic heterocycles. The van der Waals surface area contributed by atoms with E-state index in [1.165, 1.54) is 0 Å². The number of aliphatic hydroxyl groups excluding tert-OH is 1. The highest BCUT2D eigenvalue weighted by atomic mass is 35.5. The van der Waals surface area contributed by atoms with Gasteiger partial charge in [0.1, 0.15) is 6.10 Å². The number of aryl methyl sites for hydroxylation is 1. The quantitative estimate of drug-likeness (QED) is 0.925. The van der Waals surface area contributed by atoms with Crippen molar-refractivity contribution >= 4 is 11.6 Å². The van der Waals surface area contributed by atoms with Crippen molar-refractivity contribution in [3.63, 3.8) is 0 Å². The molecule has 1 aromatic heterocycles. The molecule has 0 saturated heterocycles. The molecule has 0 bridgehead atoms. The normalized spacial score (nSPS) is 15.4. The number of ether oxygens (including phenoxy) is 2. The first-order valence-electron chi connectivity index (χ1n) is 6.84. The number of halogens is 1. The van der Waals surface area contributed by atoms with Gasteiger partial charge < -0.3 is 14.6 Å². The lowest BCUT2D eigenvalue weighted by molar-refractivity contribution is 0.219. The molecule has 0 amide bonds. The summed E-state index contributed by atoms with van der Waals surface area (Å²) < 4.78 is 11.2. The number of hydrogen-bond acceptors (Lipinski definition) is 4. The molecule has 2 heterocycles. The molecule has 1 unspecified atom stereocenters. The maximum Gasteiger partial charge on any atom is 0.179 e. The van der Waals surface area contributed by atoms with Crippen LogP contribution in [0.5, 0.6) is 11.5 Å². The largest absolute Gasteiger partial charge is 0.489 e. The molecule has 4 nitrogen and oxygen atoms in total. The van der Waals surface area contributed by atoms with Gasteiger partial charge in [0.25, 0.3) is 0 Å². The predicted molar refractivity (Wildman–Crippen MR) is 80.1 cm³/mol. The van der Waals surface area contributed by atoms with Gasteiger partial charge in [0.05, 0.1) is 18.2 Å². The molecule has 1 atom stereocenters. The highest BCUT2D eigenvalue weighted by Crippen LogP contribution is 2.40. The number of aliphatic hydroxyl groups is 1. The Morgan fingerprint density at radius 2 is 1.95 bits per heavy atom. The third-order valence-electron chi connectivity index (χ3n) is 3.35. The van der Waals surface area contributed by atoms with E-state index in [0.29, 0.717) is 35.3 Å². The Kier molecular flexibility index (Phi) is 3.99. The van der Waals surface area contributed by atoms with Crippen LogP contribution >= 0.6 is 11.6 Å². The number of aromatic nitrogens is 1. The molecule has 1 aliphatic rings. The summed E-state index contributed by atoms with van der Waals surface area (Å²) in [6.45, 7) is 3.09. The zero-order valence-electron chi connectivity index (χ0n) is 11.7. The molecule has 0 radical (unpaired) electrons. The van der Waals surface area contributed by atoms with Gasteiger partial charge in [0.2, 0.25) is 0 Å². The van der Waals surface area contributed by atoms with Crippen LogP contribution in [0.25, 0.3) is 0 Å². The van der Waals surface area contributed by atoms with Crippen LogP contribution in [0.1, 0.15) is 29.2 Å². The molecule has 2 aromatic rings. The van der Waals surface area contributed by atoms with Crippen molar-refractivity contribution in [1.82, 2.24) is 4.98 Å². The van der Waals surface area contributed by atoms with E-state index >= 15 is 0 Å². The van der Waals surface area contributed by atoms with Gasteiger partial charge in [0, 0.05) is 24.4 Å². The van der Waals surface area contributed by atoms with Crippen LogP contribution in [0.4, 0.5) is 0 Å². The Hall–Kier alpha value is -1.78. The van der Waals surface area contributed by atoms with Gasteiger partial charge in [-0.05, 0) is 30.2 Å². The van der Waals surface area contributed by atoms with E-state index in [-0.39, 0.29) is 0 Å². The number of pyridine rings is 1. The van der Waals surface area contributed by atoms with Gasteiger partial charge in [-0.3, -0.25) is 4.98 Å². The minimum atomic E-state index is -0.799. The van der Waals surface area contributed by atoms with E-state index in [4.69, 9.17) is 21.1 Å². The number of hydrogen-bond donors (Lipinski definition) is 1. The lowest BCUT2D eigenvalue weighted by Gasteiger charge is -2.16. The van der Waals surface area contributed by atoms with E-state index < -0.39 is 6.10 Å². The van der Waals surface area contributed by atoms with Crippen molar-refractivity contribution in [3.05, 3.63) is 52.3 Å². The van der Waals surface area contributed by atoms with Crippen molar-refractivity contribution in [2.75, 3.05) is 13.2 Å². The number of nitrogens with zero attached hydrogens (tertiary/aromatic N) is 1. The van der Waals surface area contributed by atoms with E-state index in [1.807, 2.05) is 13.0 Å². The molecule has 0 aliphatic carbocycles. The molecule has 1 N–H and O–H groups in total. The molecular weight excluding hydrogens is 290 g/mol. The van der Waals surface area contributed by atoms with Crippen molar-refractivity contribution < 1.29 is 14.6 Å². The van der Waals surface area contributed by atoms with E-state index in [0.717, 1.165) is 17.5 Å². The van der Waals surface area contributed by atoms with Gasteiger partial charge in [-0.1, -0.05) is 17.7 Å². The monoisotopic (exact) mass is 305 g/mol. The predicted octanol–water partition coefficient (Wildman–Crippen LogP) is 3.29. The molecule has 5 heteroatoms. The van der Waals surface area contributed by atoms with Crippen molar-refractivity contribution in [1.29, 1.82) is 0 Å². The van der Waals surface area contributed by atoms with Crippen molar-refractivity contribution in [2.24, 2.45) is 0 Å². The summed E-state index contributed by atoms with van der Waals surface area (Å²) in [5.74, 6) is 1.13. The first-order valence-corrected chi connectivity index (χ1v) is 7.21. The zero-order valence-corrected chi connectivity index (χ0v) is 12.4. The summed E-state index contributed by atoms with van der Waals surface area (Å²) >= 11 is 6.25. The summed E-state index contributed by atoms with van der Waals surface area (Å²) in [5, 5.41) is 11.0. The topological polar surface area (TPSA) is 51.6 Å². The van der Waals surface area contributed by atoms with Crippen LogP contribution in [0.2, 0.25) is 5.02 Å². The number of fused-ring (bicyclic) bond motifs is 1. The fraction of sp³-hybridized carbons (Fsp3) is 0.312. The highest BCUT2D eigenvalue weighted by molar-refractivity contribution is 6.32. The van der Waals surface area contributed by atoms with E-state index in [2.05, 4.69) is 4.98 Å². The fourth-order valence-electron chi connectivity index (χ4n) is 2.33. The van der Waals surface area contributed by atoms with Crippen molar-refractivity contribution in [3.8, 4) is 11.5 Å². The van der Waals surface area contributed by atoms with Crippen LogP contribution in [0.15, 0.2) is 30.6 Å². The second kappa shape index (κ2) is 5.92. The third-order valence-corrected chi connectivity index (χ3v) is 3.63. The van der Waals surface area contributed by atoms with Crippen LogP contribution < -0.4 is 9.47 Å². The SMILES string of the molecule is Cc1cncc(C(O)c2cc(Cl)c3c(c2)OCCCO3)c1. The minimum Gasteiger partial charge on any atom is -0.489 e. The van der Waals surface area contributed by atoms with Crippen LogP contribution in [0.3, 0.4) is 0 Å². The smallest absolute Gasteiger partial charge is 0.179 e. The van der Waals surface area contributed by atoms with Gasteiger partial charge in [0.15, 0.2) is 11.5 Å². The summed E-state index contributed by atoms with van der Waals surface area (Å²) in [4.78, 5) is 4.11. The molecule has 1 aromatic carbocycles. The van der Waals surface area contributed by atoms with Gasteiger partial charge in [-0.25, -0.2) is 0 Å². The highest BCUT2D eigenvalue weighted by Gasteiger charge is 2.19. The Bertz CT molecular complexity index is 660. The maximum absolute atomic E-state index is 10.5. The molecule has 21 heavy (non-hydrogen) atoms. The zero-order chi connectivity index (χ0) is 14.8. The average molecular weight is 306 g/mol. The molecule has 110 valence electrons. The Morgan fingerprint density at radius 1 is 1.14 bits per heavy atom. The second-order valence-corrected chi connectivity index (χ2v) is 5.49. The molecule has 0 fully saturated rings. The van der Waals surface area contributed by atoms with Gasteiger partial charge in [-0.15, -0.1) is 0 Å². The molecule has 0 saturated carbocycles. The maximum atomic E-state index is 10.5. The fourth-order valence-corrected chi connectivity index (χ4v) is 2.60. The summed E-state index contributed by atoms with van der Waals surface area (Å²) in [7, 11) is 0. The first kappa shape index (κ1) is 14.2. The first-order chi connectivity index (χ1) is 10.1. The lowest BCUT2D eigenvalue weighted by atomic mass is 10.0. The van der Waals surface area contributed by atoms with Crippen LogP contribution in [-0.4, -0.2) is 23.3 Å². The Labute approximate surface area is 128 Å². The second-order valence-electron chi connectivity index (χ2n) is 5.08. The van der Waals surface area contributed by atoms with E-state index in [1.54, 1.807) is 24.5 Å². The van der Waals surface area contributed by atoms with E-state index in [9.17, 15) is 5.11 Å².